The summed E-state index contributed by atoms with van der Waals surface area (Å²) in [6, 6.07) is 20.7. The minimum absolute atomic E-state index is 0.218. The number of hydrogen-bond donors (Lipinski definition) is 0. The number of para-hydroxylation sites is 1. The number of aryl methyl sites for hydroxylation is 2. The third-order valence-electron chi connectivity index (χ3n) is 7.11. The fraction of sp³-hybridized carbons (Fsp3) is 0.467. The summed E-state index contributed by atoms with van der Waals surface area (Å²) in [5.74, 6) is 1.90. The summed E-state index contributed by atoms with van der Waals surface area (Å²) in [6.07, 6.45) is 2.29. The first-order valence-electron chi connectivity index (χ1n) is 13.3. The van der Waals surface area contributed by atoms with Gasteiger partial charge in [-0.15, -0.1) is 0 Å². The molecule has 2 heterocycles. The Kier molecular flexibility index (Phi) is 8.81. The molecule has 0 aliphatic carbocycles. The molecule has 6 heteroatoms. The highest BCUT2D eigenvalue weighted by Crippen LogP contribution is 2.30. The third-order valence-corrected chi connectivity index (χ3v) is 7.11. The lowest BCUT2D eigenvalue weighted by molar-refractivity contribution is -0.132. The summed E-state index contributed by atoms with van der Waals surface area (Å²) in [6.45, 7) is 11.8. The largest absolute Gasteiger partial charge is 0.354 e. The van der Waals surface area contributed by atoms with Gasteiger partial charge in [0.25, 0.3) is 0 Å². The maximum absolute atomic E-state index is 13.5. The second-order valence-electron chi connectivity index (χ2n) is 10.4. The van der Waals surface area contributed by atoms with Crippen LogP contribution in [0, 0.1) is 12.8 Å². The normalized spacial score (nSPS) is 14.4. The van der Waals surface area contributed by atoms with E-state index in [0.717, 1.165) is 62.8 Å². The molecule has 0 N–H and O–H groups in total. The molecule has 3 aromatic rings. The molecule has 0 spiro atoms. The van der Waals surface area contributed by atoms with Gasteiger partial charge in [-0.2, -0.15) is 5.10 Å². The van der Waals surface area contributed by atoms with Crippen LogP contribution < -0.4 is 4.90 Å². The van der Waals surface area contributed by atoms with E-state index in [-0.39, 0.29) is 5.91 Å². The van der Waals surface area contributed by atoms with E-state index in [0.29, 0.717) is 18.9 Å². The maximum Gasteiger partial charge on any atom is 0.223 e. The highest BCUT2D eigenvalue weighted by molar-refractivity contribution is 5.77. The Hall–Kier alpha value is -3.12. The van der Waals surface area contributed by atoms with Crippen molar-refractivity contribution in [2.45, 2.75) is 46.6 Å². The minimum atomic E-state index is 0.218. The summed E-state index contributed by atoms with van der Waals surface area (Å²) in [5.41, 5.74) is 4.43. The number of nitrogens with zero attached hydrogens (tertiary/aromatic N) is 5. The van der Waals surface area contributed by atoms with E-state index in [2.05, 4.69) is 83.6 Å². The quantitative estimate of drug-likeness (QED) is 0.406. The van der Waals surface area contributed by atoms with Gasteiger partial charge in [-0.05, 0) is 50.4 Å². The number of piperazine rings is 1. The van der Waals surface area contributed by atoms with Crippen LogP contribution in [0.5, 0.6) is 0 Å². The number of amides is 1. The lowest BCUT2D eigenvalue weighted by Gasteiger charge is -2.35. The molecule has 0 bridgehead atoms. The van der Waals surface area contributed by atoms with Crippen LogP contribution in [0.2, 0.25) is 0 Å². The summed E-state index contributed by atoms with van der Waals surface area (Å²) >= 11 is 0. The molecule has 1 fully saturated rings. The molecule has 0 saturated carbocycles. The van der Waals surface area contributed by atoms with E-state index in [4.69, 9.17) is 5.10 Å². The van der Waals surface area contributed by atoms with Gasteiger partial charge in [0.1, 0.15) is 5.82 Å². The molecule has 4 rings (SSSR count). The number of carbonyl (C=O) groups excluding carboxylic acids is 1. The molecular formula is C30H41N5O. The first-order chi connectivity index (χ1) is 17.4. The smallest absolute Gasteiger partial charge is 0.223 e. The Morgan fingerprint density at radius 3 is 2.25 bits per heavy atom. The summed E-state index contributed by atoms with van der Waals surface area (Å²) in [5, 5.41) is 5.00. The Morgan fingerprint density at radius 1 is 0.972 bits per heavy atom. The lowest BCUT2D eigenvalue weighted by Crippen LogP contribution is -2.45. The van der Waals surface area contributed by atoms with Gasteiger partial charge in [0.15, 0.2) is 0 Å². The van der Waals surface area contributed by atoms with E-state index in [9.17, 15) is 4.79 Å². The number of rotatable bonds is 10. The van der Waals surface area contributed by atoms with Crippen molar-refractivity contribution < 1.29 is 4.79 Å². The van der Waals surface area contributed by atoms with Crippen LogP contribution in [-0.2, 0) is 17.8 Å². The van der Waals surface area contributed by atoms with E-state index in [1.807, 2.05) is 24.3 Å². The van der Waals surface area contributed by atoms with Crippen molar-refractivity contribution in [2.24, 2.45) is 5.92 Å². The van der Waals surface area contributed by atoms with Crippen LogP contribution in [0.4, 0.5) is 5.82 Å². The minimum Gasteiger partial charge on any atom is -0.354 e. The van der Waals surface area contributed by atoms with Crippen molar-refractivity contribution in [3.8, 4) is 5.69 Å². The number of anilines is 1. The van der Waals surface area contributed by atoms with Crippen molar-refractivity contribution in [1.29, 1.82) is 0 Å². The summed E-state index contributed by atoms with van der Waals surface area (Å²) < 4.78 is 2.09. The molecule has 36 heavy (non-hydrogen) atoms. The molecule has 2 aromatic carbocycles. The van der Waals surface area contributed by atoms with Crippen LogP contribution in [0.1, 0.15) is 43.5 Å². The molecule has 1 saturated heterocycles. The van der Waals surface area contributed by atoms with Crippen molar-refractivity contribution in [2.75, 3.05) is 44.7 Å². The first-order valence-corrected chi connectivity index (χ1v) is 13.3. The van der Waals surface area contributed by atoms with Crippen LogP contribution in [0.15, 0.2) is 60.7 Å². The highest BCUT2D eigenvalue weighted by atomic mass is 16.2. The molecule has 1 aromatic heterocycles. The van der Waals surface area contributed by atoms with Gasteiger partial charge < -0.3 is 14.7 Å². The van der Waals surface area contributed by atoms with Gasteiger partial charge in [-0.1, -0.05) is 62.4 Å². The third kappa shape index (κ3) is 6.55. The number of benzene rings is 2. The molecule has 6 nitrogen and oxygen atoms in total. The standard InChI is InChI=1S/C30H41N5O/c1-24(2)17-18-34(29(36)16-15-26-11-7-5-8-12-26)23-28-25(3)31-35(27-13-9-6-10-14-27)30(28)33-21-19-32(4)20-22-33/h5-14,24H,15-23H2,1-4H3. The second-order valence-corrected chi connectivity index (χ2v) is 10.4. The van der Waals surface area contributed by atoms with Crippen LogP contribution in [0.25, 0.3) is 5.69 Å². The van der Waals surface area contributed by atoms with E-state index in [1.165, 1.54) is 11.1 Å². The molecule has 1 aliphatic rings. The van der Waals surface area contributed by atoms with E-state index in [1.54, 1.807) is 0 Å². The fourth-order valence-corrected chi connectivity index (χ4v) is 4.78. The zero-order valence-electron chi connectivity index (χ0n) is 22.4. The molecule has 192 valence electrons. The van der Waals surface area contributed by atoms with Gasteiger partial charge in [-0.3, -0.25) is 4.79 Å². The highest BCUT2D eigenvalue weighted by Gasteiger charge is 2.27. The van der Waals surface area contributed by atoms with Crippen molar-refractivity contribution in [3.05, 3.63) is 77.5 Å². The maximum atomic E-state index is 13.5. The molecular weight excluding hydrogens is 446 g/mol. The first kappa shape index (κ1) is 26.0. The van der Waals surface area contributed by atoms with Crippen LogP contribution in [-0.4, -0.2) is 65.3 Å². The van der Waals surface area contributed by atoms with E-state index < -0.39 is 0 Å². The topological polar surface area (TPSA) is 44.6 Å². The number of hydrogen-bond acceptors (Lipinski definition) is 4. The Balaban J connectivity index is 1.63. The molecule has 1 aliphatic heterocycles. The van der Waals surface area contributed by atoms with Crippen molar-refractivity contribution in [3.63, 3.8) is 0 Å². The average molecular weight is 488 g/mol. The lowest BCUT2D eigenvalue weighted by atomic mass is 10.1. The summed E-state index contributed by atoms with van der Waals surface area (Å²) in [4.78, 5) is 20.4. The average Bonchev–Trinajstić information content (AvgIpc) is 3.22. The number of likely N-dealkylation sites (N-methyl/N-ethyl adjacent to an activating group) is 1. The van der Waals surface area contributed by atoms with Gasteiger partial charge in [0.05, 0.1) is 17.9 Å². The second kappa shape index (κ2) is 12.2. The van der Waals surface area contributed by atoms with Crippen molar-refractivity contribution >= 4 is 11.7 Å². The number of aromatic nitrogens is 2. The monoisotopic (exact) mass is 487 g/mol. The predicted octanol–water partition coefficient (Wildman–Crippen LogP) is 4.94. The number of carbonyl (C=O) groups is 1. The predicted molar refractivity (Wildman–Crippen MR) is 148 cm³/mol. The molecule has 0 radical (unpaired) electrons. The van der Waals surface area contributed by atoms with Gasteiger partial charge in [0, 0.05) is 44.7 Å². The van der Waals surface area contributed by atoms with E-state index >= 15 is 0 Å². The Labute approximate surface area is 216 Å². The Bertz CT molecular complexity index is 1100. The van der Waals surface area contributed by atoms with Gasteiger partial charge >= 0.3 is 0 Å². The summed E-state index contributed by atoms with van der Waals surface area (Å²) in [7, 11) is 2.18. The molecule has 1 amide bonds. The SMILES string of the molecule is Cc1nn(-c2ccccc2)c(N2CCN(C)CC2)c1CN(CCC(C)C)C(=O)CCc1ccccc1. The zero-order valence-corrected chi connectivity index (χ0v) is 22.4. The fourth-order valence-electron chi connectivity index (χ4n) is 4.78. The Morgan fingerprint density at radius 2 is 1.61 bits per heavy atom. The van der Waals surface area contributed by atoms with Crippen molar-refractivity contribution in [1.82, 2.24) is 19.6 Å². The zero-order chi connectivity index (χ0) is 25.5. The van der Waals surface area contributed by atoms with Crippen LogP contribution in [0.3, 0.4) is 0 Å². The van der Waals surface area contributed by atoms with Gasteiger partial charge in [0.2, 0.25) is 5.91 Å². The van der Waals surface area contributed by atoms with Gasteiger partial charge in [-0.25, -0.2) is 4.68 Å². The van der Waals surface area contributed by atoms with Crippen LogP contribution >= 0.6 is 0 Å². The molecule has 0 atom stereocenters. The molecule has 0 unspecified atom stereocenters.